The van der Waals surface area contributed by atoms with Crippen molar-refractivity contribution in [1.29, 1.82) is 0 Å². The summed E-state index contributed by atoms with van der Waals surface area (Å²) in [5.41, 5.74) is 5.77. The van der Waals surface area contributed by atoms with Crippen molar-refractivity contribution in [3.63, 3.8) is 0 Å². The Morgan fingerprint density at radius 3 is 2.83 bits per heavy atom. The van der Waals surface area contributed by atoms with Crippen LogP contribution in [0.25, 0.3) is 10.9 Å². The van der Waals surface area contributed by atoms with Gasteiger partial charge in [0.2, 0.25) is 5.91 Å². The summed E-state index contributed by atoms with van der Waals surface area (Å²) in [6.07, 6.45) is 0. The molecule has 1 heterocycles. The summed E-state index contributed by atoms with van der Waals surface area (Å²) in [5.74, 6) is 0.0415. The molecule has 0 aliphatic heterocycles. The Hall–Kier alpha value is -2.57. The number of nitrogens with one attached hydrogen (secondary N) is 3. The number of carbonyl (C=O) groups is 2. The molecular formula is C11H13N5O2. The lowest BCUT2D eigenvalue weighted by Crippen LogP contribution is -2.44. The van der Waals surface area contributed by atoms with E-state index in [1.807, 2.05) is 24.3 Å². The van der Waals surface area contributed by atoms with Gasteiger partial charge in [-0.15, -0.1) is 0 Å². The summed E-state index contributed by atoms with van der Waals surface area (Å²) >= 11 is 0. The van der Waals surface area contributed by atoms with Gasteiger partial charge in [0.25, 0.3) is 0 Å². The molecule has 2 aromatic rings. The number of amides is 3. The van der Waals surface area contributed by atoms with Crippen molar-refractivity contribution in [2.45, 2.75) is 13.0 Å². The van der Waals surface area contributed by atoms with Crippen LogP contribution in [0.2, 0.25) is 0 Å². The second-order valence-corrected chi connectivity index (χ2v) is 3.84. The van der Waals surface area contributed by atoms with Gasteiger partial charge >= 0.3 is 6.03 Å². The van der Waals surface area contributed by atoms with E-state index in [0.717, 1.165) is 10.9 Å². The average molecular weight is 247 g/mol. The standard InChI is InChI=1S/C11H13N5O2/c1-6(13-11(12)18)10(17)14-9-7-4-2-3-5-8(7)15-16-9/h2-6H,1H3,(H3,12,13,18)(H2,14,15,16,17). The summed E-state index contributed by atoms with van der Waals surface area (Å²) in [4.78, 5) is 22.4. The lowest BCUT2D eigenvalue weighted by molar-refractivity contribution is -0.117. The smallest absolute Gasteiger partial charge is 0.312 e. The van der Waals surface area contributed by atoms with Gasteiger partial charge in [-0.1, -0.05) is 12.1 Å². The van der Waals surface area contributed by atoms with Crippen LogP contribution >= 0.6 is 0 Å². The molecule has 3 amide bonds. The van der Waals surface area contributed by atoms with Crippen LogP contribution in [0, 0.1) is 0 Å². The minimum absolute atomic E-state index is 0.383. The van der Waals surface area contributed by atoms with Gasteiger partial charge in [-0.3, -0.25) is 9.89 Å². The summed E-state index contributed by atoms with van der Waals surface area (Å²) in [6.45, 7) is 1.54. The Morgan fingerprint density at radius 1 is 1.39 bits per heavy atom. The zero-order valence-electron chi connectivity index (χ0n) is 9.73. The third-order valence-corrected chi connectivity index (χ3v) is 2.46. The highest BCUT2D eigenvalue weighted by atomic mass is 16.2. The maximum atomic E-state index is 11.8. The van der Waals surface area contributed by atoms with Crippen LogP contribution in [0.15, 0.2) is 24.3 Å². The number of urea groups is 1. The highest BCUT2D eigenvalue weighted by Crippen LogP contribution is 2.19. The van der Waals surface area contributed by atoms with E-state index in [1.54, 1.807) is 0 Å². The molecule has 0 aliphatic rings. The highest BCUT2D eigenvalue weighted by Gasteiger charge is 2.16. The molecule has 1 atom stereocenters. The van der Waals surface area contributed by atoms with E-state index < -0.39 is 12.1 Å². The fraction of sp³-hybridized carbons (Fsp3) is 0.182. The number of primary amides is 1. The molecule has 0 saturated carbocycles. The normalized spacial score (nSPS) is 12.1. The molecule has 0 radical (unpaired) electrons. The summed E-state index contributed by atoms with van der Waals surface area (Å²) in [7, 11) is 0. The highest BCUT2D eigenvalue weighted by molar-refractivity contribution is 6.02. The fourth-order valence-corrected chi connectivity index (χ4v) is 1.56. The van der Waals surface area contributed by atoms with E-state index >= 15 is 0 Å². The number of benzene rings is 1. The van der Waals surface area contributed by atoms with Gasteiger partial charge in [0, 0.05) is 5.39 Å². The average Bonchev–Trinajstić information content (AvgIpc) is 2.72. The largest absolute Gasteiger partial charge is 0.352 e. The first kappa shape index (κ1) is 11.9. The van der Waals surface area contributed by atoms with Gasteiger partial charge in [-0.2, -0.15) is 5.10 Å². The molecule has 0 bridgehead atoms. The van der Waals surface area contributed by atoms with Crippen LogP contribution in [-0.4, -0.2) is 28.2 Å². The number of hydrogen-bond donors (Lipinski definition) is 4. The third-order valence-electron chi connectivity index (χ3n) is 2.46. The van der Waals surface area contributed by atoms with Crippen LogP contribution in [0.3, 0.4) is 0 Å². The number of anilines is 1. The minimum atomic E-state index is -0.746. The van der Waals surface area contributed by atoms with E-state index in [4.69, 9.17) is 5.73 Å². The lowest BCUT2D eigenvalue weighted by atomic mass is 10.2. The first-order valence-corrected chi connectivity index (χ1v) is 5.38. The SMILES string of the molecule is CC(NC(N)=O)C(=O)Nc1n[nH]c2ccccc12. The number of nitrogens with zero attached hydrogens (tertiary/aromatic N) is 1. The Labute approximate surface area is 103 Å². The monoisotopic (exact) mass is 247 g/mol. The van der Waals surface area contributed by atoms with Gasteiger partial charge in [0.15, 0.2) is 5.82 Å². The topological polar surface area (TPSA) is 113 Å². The molecule has 1 aromatic carbocycles. The van der Waals surface area contributed by atoms with Gasteiger partial charge in [0.1, 0.15) is 6.04 Å². The molecule has 0 aliphatic carbocycles. The maximum absolute atomic E-state index is 11.8. The molecular weight excluding hydrogens is 234 g/mol. The number of hydrogen-bond acceptors (Lipinski definition) is 3. The molecule has 18 heavy (non-hydrogen) atoms. The minimum Gasteiger partial charge on any atom is -0.352 e. The van der Waals surface area contributed by atoms with Crippen LogP contribution in [0.1, 0.15) is 6.92 Å². The molecule has 1 unspecified atom stereocenters. The van der Waals surface area contributed by atoms with E-state index in [9.17, 15) is 9.59 Å². The van der Waals surface area contributed by atoms with Gasteiger partial charge < -0.3 is 16.4 Å². The van der Waals surface area contributed by atoms with Crippen molar-refractivity contribution in [2.75, 3.05) is 5.32 Å². The predicted molar refractivity (Wildman–Crippen MR) is 66.9 cm³/mol. The van der Waals surface area contributed by atoms with Crippen LogP contribution in [-0.2, 0) is 4.79 Å². The summed E-state index contributed by atoms with van der Waals surface area (Å²) in [5, 5.41) is 12.5. The van der Waals surface area contributed by atoms with Crippen LogP contribution in [0.4, 0.5) is 10.6 Å². The van der Waals surface area contributed by atoms with Gasteiger partial charge in [-0.25, -0.2) is 4.79 Å². The molecule has 94 valence electrons. The molecule has 0 spiro atoms. The molecule has 0 fully saturated rings. The molecule has 5 N–H and O–H groups in total. The second-order valence-electron chi connectivity index (χ2n) is 3.84. The number of H-pyrrole nitrogens is 1. The van der Waals surface area contributed by atoms with Gasteiger partial charge in [0.05, 0.1) is 5.52 Å². The van der Waals surface area contributed by atoms with Crippen molar-refractivity contribution in [1.82, 2.24) is 15.5 Å². The molecule has 7 nitrogen and oxygen atoms in total. The fourth-order valence-electron chi connectivity index (χ4n) is 1.56. The van der Waals surface area contributed by atoms with Crippen molar-refractivity contribution < 1.29 is 9.59 Å². The van der Waals surface area contributed by atoms with E-state index in [2.05, 4.69) is 20.8 Å². The van der Waals surface area contributed by atoms with Crippen LogP contribution < -0.4 is 16.4 Å². The number of fused-ring (bicyclic) bond motifs is 1. The molecule has 0 saturated heterocycles. The molecule has 1 aromatic heterocycles. The molecule has 2 rings (SSSR count). The van der Waals surface area contributed by atoms with E-state index in [-0.39, 0.29) is 5.91 Å². The maximum Gasteiger partial charge on any atom is 0.312 e. The van der Waals surface area contributed by atoms with Gasteiger partial charge in [-0.05, 0) is 19.1 Å². The Balaban J connectivity index is 2.14. The Morgan fingerprint density at radius 2 is 2.11 bits per heavy atom. The van der Waals surface area contributed by atoms with E-state index in [1.165, 1.54) is 6.92 Å². The number of para-hydroxylation sites is 1. The Kier molecular flexibility index (Phi) is 3.13. The van der Waals surface area contributed by atoms with Crippen molar-refractivity contribution in [3.8, 4) is 0 Å². The summed E-state index contributed by atoms with van der Waals surface area (Å²) < 4.78 is 0. The van der Waals surface area contributed by atoms with Crippen LogP contribution in [0.5, 0.6) is 0 Å². The first-order chi connectivity index (χ1) is 8.58. The lowest BCUT2D eigenvalue weighted by Gasteiger charge is -2.10. The van der Waals surface area contributed by atoms with Crippen molar-refractivity contribution >= 4 is 28.7 Å². The predicted octanol–water partition coefficient (Wildman–Crippen LogP) is 0.558. The summed E-state index contributed by atoms with van der Waals surface area (Å²) in [6, 6.07) is 5.92. The van der Waals surface area contributed by atoms with Crippen molar-refractivity contribution in [2.24, 2.45) is 5.73 Å². The zero-order valence-corrected chi connectivity index (χ0v) is 9.73. The number of nitrogens with two attached hydrogens (primary N) is 1. The number of aromatic amines is 1. The zero-order chi connectivity index (χ0) is 13.1. The first-order valence-electron chi connectivity index (χ1n) is 5.38. The second kappa shape index (κ2) is 4.74. The number of rotatable bonds is 3. The van der Waals surface area contributed by atoms with E-state index in [0.29, 0.717) is 5.82 Å². The third kappa shape index (κ3) is 2.40. The Bertz CT molecular complexity index is 592. The number of aromatic nitrogens is 2. The quantitative estimate of drug-likeness (QED) is 0.635. The molecule has 7 heteroatoms. The number of carbonyl (C=O) groups excluding carboxylic acids is 2. The van der Waals surface area contributed by atoms with Crippen molar-refractivity contribution in [3.05, 3.63) is 24.3 Å².